The van der Waals surface area contributed by atoms with Gasteiger partial charge in [0.05, 0.1) is 5.69 Å². The molecule has 0 radical (unpaired) electrons. The lowest BCUT2D eigenvalue weighted by Gasteiger charge is -2.27. The minimum absolute atomic E-state index is 0.308. The van der Waals surface area contributed by atoms with E-state index in [0.29, 0.717) is 6.04 Å². The Morgan fingerprint density at radius 1 is 1.29 bits per heavy atom. The molecule has 3 heteroatoms. The first kappa shape index (κ1) is 12.5. The molecule has 0 bridgehead atoms. The van der Waals surface area contributed by atoms with Crippen molar-refractivity contribution in [2.24, 2.45) is 11.8 Å². The molecule has 2 rings (SSSR count). The van der Waals surface area contributed by atoms with Crippen LogP contribution in [-0.2, 0) is 0 Å². The first-order valence-electron chi connectivity index (χ1n) is 6.75. The van der Waals surface area contributed by atoms with Crippen LogP contribution in [0.5, 0.6) is 0 Å². The van der Waals surface area contributed by atoms with Crippen LogP contribution in [0.1, 0.15) is 51.3 Å². The minimum Gasteiger partial charge on any atom is -0.309 e. The van der Waals surface area contributed by atoms with Gasteiger partial charge in [-0.15, -0.1) is 0 Å². The summed E-state index contributed by atoms with van der Waals surface area (Å²) >= 11 is 0. The topological polar surface area (TPSA) is 37.8 Å². The van der Waals surface area contributed by atoms with Gasteiger partial charge in [0, 0.05) is 24.6 Å². The number of aromatic nitrogens is 2. The molecule has 0 aliphatic heterocycles. The van der Waals surface area contributed by atoms with Crippen molar-refractivity contribution < 1.29 is 0 Å². The van der Waals surface area contributed by atoms with Crippen LogP contribution in [-0.4, -0.2) is 16.5 Å². The van der Waals surface area contributed by atoms with E-state index in [9.17, 15) is 0 Å². The van der Waals surface area contributed by atoms with Crippen molar-refractivity contribution in [2.75, 3.05) is 6.54 Å². The zero-order valence-corrected chi connectivity index (χ0v) is 10.9. The molecule has 1 N–H and O–H groups in total. The first-order valence-corrected chi connectivity index (χ1v) is 6.75. The Morgan fingerprint density at radius 2 is 2.06 bits per heavy atom. The molecule has 0 saturated heterocycles. The van der Waals surface area contributed by atoms with E-state index in [0.717, 1.165) is 24.1 Å². The van der Waals surface area contributed by atoms with Gasteiger partial charge in [-0.05, 0) is 38.1 Å². The molecule has 1 aromatic rings. The Labute approximate surface area is 104 Å². The van der Waals surface area contributed by atoms with Crippen molar-refractivity contribution in [1.29, 1.82) is 0 Å². The summed E-state index contributed by atoms with van der Waals surface area (Å²) in [5.74, 6) is 1.79. The van der Waals surface area contributed by atoms with Gasteiger partial charge in [0.2, 0.25) is 0 Å². The van der Waals surface area contributed by atoms with E-state index in [1.54, 1.807) is 12.4 Å². The highest BCUT2D eigenvalue weighted by Crippen LogP contribution is 2.28. The third-order valence-corrected chi connectivity index (χ3v) is 3.87. The number of hydrogen-bond acceptors (Lipinski definition) is 3. The first-order chi connectivity index (χ1) is 8.25. The number of rotatable bonds is 4. The van der Waals surface area contributed by atoms with Crippen molar-refractivity contribution >= 4 is 0 Å². The Morgan fingerprint density at radius 3 is 2.71 bits per heavy atom. The lowest BCUT2D eigenvalue weighted by molar-refractivity contribution is 0.275. The highest BCUT2D eigenvalue weighted by Gasteiger charge is 2.18. The highest BCUT2D eigenvalue weighted by molar-refractivity contribution is 5.00. The molecule has 1 aromatic heterocycles. The minimum atomic E-state index is 0.308. The van der Waals surface area contributed by atoms with Crippen LogP contribution < -0.4 is 5.32 Å². The van der Waals surface area contributed by atoms with Gasteiger partial charge in [-0.25, -0.2) is 0 Å². The molecule has 0 aromatic carbocycles. The third kappa shape index (κ3) is 3.77. The van der Waals surface area contributed by atoms with Crippen molar-refractivity contribution in [3.05, 3.63) is 24.3 Å². The molecule has 1 saturated carbocycles. The molecule has 1 aliphatic carbocycles. The fourth-order valence-electron chi connectivity index (χ4n) is 2.52. The average Bonchev–Trinajstić information content (AvgIpc) is 2.39. The summed E-state index contributed by atoms with van der Waals surface area (Å²) in [6, 6.07) is 0.308. The maximum absolute atomic E-state index is 4.33. The van der Waals surface area contributed by atoms with Crippen LogP contribution in [0.4, 0.5) is 0 Å². The average molecular weight is 233 g/mol. The van der Waals surface area contributed by atoms with E-state index >= 15 is 0 Å². The van der Waals surface area contributed by atoms with Gasteiger partial charge in [-0.1, -0.05) is 19.8 Å². The molecule has 3 nitrogen and oxygen atoms in total. The second kappa shape index (κ2) is 6.10. The van der Waals surface area contributed by atoms with Crippen molar-refractivity contribution in [3.63, 3.8) is 0 Å². The zero-order chi connectivity index (χ0) is 12.1. The Bertz CT molecular complexity index is 317. The maximum Gasteiger partial charge on any atom is 0.0753 e. The number of hydrogen-bond donors (Lipinski definition) is 1. The van der Waals surface area contributed by atoms with Crippen LogP contribution in [0.2, 0.25) is 0 Å². The predicted molar refractivity (Wildman–Crippen MR) is 69.6 cm³/mol. The van der Waals surface area contributed by atoms with Crippen LogP contribution in [0.15, 0.2) is 18.6 Å². The fourth-order valence-corrected chi connectivity index (χ4v) is 2.52. The molecule has 0 spiro atoms. The van der Waals surface area contributed by atoms with Gasteiger partial charge < -0.3 is 5.32 Å². The second-order valence-electron chi connectivity index (χ2n) is 5.39. The van der Waals surface area contributed by atoms with E-state index in [1.165, 1.54) is 25.7 Å². The lowest BCUT2D eigenvalue weighted by atomic mass is 9.83. The van der Waals surface area contributed by atoms with Gasteiger partial charge in [0.25, 0.3) is 0 Å². The standard InChI is InChI=1S/C14H23N3/c1-11-3-5-13(6-4-11)9-17-12(2)14-10-15-7-8-16-14/h7-8,10-13,17H,3-6,9H2,1-2H3. The molecule has 17 heavy (non-hydrogen) atoms. The highest BCUT2D eigenvalue weighted by atomic mass is 14.9. The molecule has 1 fully saturated rings. The molecule has 1 unspecified atom stereocenters. The monoisotopic (exact) mass is 233 g/mol. The summed E-state index contributed by atoms with van der Waals surface area (Å²) in [6.07, 6.45) is 10.9. The predicted octanol–water partition coefficient (Wildman–Crippen LogP) is 2.95. The van der Waals surface area contributed by atoms with Crippen molar-refractivity contribution in [2.45, 2.75) is 45.6 Å². The van der Waals surface area contributed by atoms with Gasteiger partial charge in [0.15, 0.2) is 0 Å². The van der Waals surface area contributed by atoms with E-state index < -0.39 is 0 Å². The second-order valence-corrected chi connectivity index (χ2v) is 5.39. The summed E-state index contributed by atoms with van der Waals surface area (Å²) in [7, 11) is 0. The Hall–Kier alpha value is -0.960. The summed E-state index contributed by atoms with van der Waals surface area (Å²) in [4.78, 5) is 8.44. The molecule has 1 heterocycles. The maximum atomic E-state index is 4.33. The quantitative estimate of drug-likeness (QED) is 0.869. The molecular weight excluding hydrogens is 210 g/mol. The van der Waals surface area contributed by atoms with Gasteiger partial charge >= 0.3 is 0 Å². The number of nitrogens with one attached hydrogen (secondary N) is 1. The summed E-state index contributed by atoms with van der Waals surface area (Å²) in [6.45, 7) is 5.64. The Kier molecular flexibility index (Phi) is 4.49. The van der Waals surface area contributed by atoms with Crippen LogP contribution in [0, 0.1) is 11.8 Å². The van der Waals surface area contributed by atoms with Crippen LogP contribution >= 0.6 is 0 Å². The van der Waals surface area contributed by atoms with Crippen LogP contribution in [0.25, 0.3) is 0 Å². The molecule has 1 aliphatic rings. The van der Waals surface area contributed by atoms with Crippen LogP contribution in [0.3, 0.4) is 0 Å². The third-order valence-electron chi connectivity index (χ3n) is 3.87. The van der Waals surface area contributed by atoms with Crippen molar-refractivity contribution in [1.82, 2.24) is 15.3 Å². The van der Waals surface area contributed by atoms with E-state index in [-0.39, 0.29) is 0 Å². The summed E-state index contributed by atoms with van der Waals surface area (Å²) in [5, 5.41) is 3.58. The summed E-state index contributed by atoms with van der Waals surface area (Å²) < 4.78 is 0. The lowest BCUT2D eigenvalue weighted by Crippen LogP contribution is -2.28. The molecule has 1 atom stereocenters. The Balaban J connectivity index is 1.75. The largest absolute Gasteiger partial charge is 0.309 e. The number of nitrogens with zero attached hydrogens (tertiary/aromatic N) is 2. The SMILES string of the molecule is CC1CCC(CNC(C)c2cnccn2)CC1. The van der Waals surface area contributed by atoms with Gasteiger partial charge in [-0.3, -0.25) is 9.97 Å². The smallest absolute Gasteiger partial charge is 0.0753 e. The van der Waals surface area contributed by atoms with Crippen molar-refractivity contribution in [3.8, 4) is 0 Å². The normalized spacial score (nSPS) is 26.7. The zero-order valence-electron chi connectivity index (χ0n) is 10.9. The molecule has 0 amide bonds. The van der Waals surface area contributed by atoms with E-state index in [2.05, 4.69) is 29.1 Å². The fraction of sp³-hybridized carbons (Fsp3) is 0.714. The van der Waals surface area contributed by atoms with E-state index in [1.807, 2.05) is 6.20 Å². The van der Waals surface area contributed by atoms with E-state index in [4.69, 9.17) is 0 Å². The molecular formula is C14H23N3. The summed E-state index contributed by atoms with van der Waals surface area (Å²) in [5.41, 5.74) is 1.04. The van der Waals surface area contributed by atoms with Gasteiger partial charge in [0.1, 0.15) is 0 Å². The molecule has 94 valence electrons. The van der Waals surface area contributed by atoms with Gasteiger partial charge in [-0.2, -0.15) is 0 Å².